The van der Waals surface area contributed by atoms with Gasteiger partial charge in [-0.05, 0) is 17.9 Å². The van der Waals surface area contributed by atoms with Gasteiger partial charge in [0.25, 0.3) is 0 Å². The fourth-order valence-corrected chi connectivity index (χ4v) is 2.28. The molecule has 3 nitrogen and oxygen atoms in total. The van der Waals surface area contributed by atoms with E-state index in [4.69, 9.17) is 0 Å². The van der Waals surface area contributed by atoms with Crippen molar-refractivity contribution in [1.29, 1.82) is 0 Å². The van der Waals surface area contributed by atoms with Crippen LogP contribution < -0.4 is 5.32 Å². The molecule has 0 spiro atoms. The van der Waals surface area contributed by atoms with Crippen LogP contribution in [0.1, 0.15) is 6.42 Å². The zero-order valence-corrected chi connectivity index (χ0v) is 10.8. The molecule has 2 aromatic carbocycles. The van der Waals surface area contributed by atoms with Gasteiger partial charge < -0.3 is 9.88 Å². The van der Waals surface area contributed by atoms with Crippen LogP contribution >= 0.6 is 0 Å². The van der Waals surface area contributed by atoms with Gasteiger partial charge in [-0.2, -0.15) is 0 Å². The smallest absolute Gasteiger partial charge is 0.0945 e. The standard InChI is InChI=1S/C16H17N3/c1-2-7-15-14(5-1)6-3-8-16(15)18-9-4-11-19-12-10-17-13-19/h1-3,5-8,10,12-13,18H,4,9,11H2. The van der Waals surface area contributed by atoms with Crippen LogP contribution in [0.4, 0.5) is 5.69 Å². The summed E-state index contributed by atoms with van der Waals surface area (Å²) in [6.07, 6.45) is 6.76. The van der Waals surface area contributed by atoms with E-state index in [1.165, 1.54) is 16.5 Å². The third kappa shape index (κ3) is 2.76. The van der Waals surface area contributed by atoms with Crippen molar-refractivity contribution in [3.8, 4) is 0 Å². The van der Waals surface area contributed by atoms with Crippen LogP contribution in [-0.2, 0) is 6.54 Å². The molecular weight excluding hydrogens is 234 g/mol. The number of aromatic nitrogens is 2. The second-order valence-electron chi connectivity index (χ2n) is 4.61. The highest BCUT2D eigenvalue weighted by Gasteiger charge is 1.98. The molecule has 1 heterocycles. The van der Waals surface area contributed by atoms with Gasteiger partial charge in [-0.3, -0.25) is 0 Å². The summed E-state index contributed by atoms with van der Waals surface area (Å²) < 4.78 is 2.10. The number of nitrogens with zero attached hydrogens (tertiary/aromatic N) is 2. The molecule has 0 fully saturated rings. The molecule has 0 aliphatic heterocycles. The normalized spacial score (nSPS) is 10.7. The van der Waals surface area contributed by atoms with Gasteiger partial charge in [0.1, 0.15) is 0 Å². The van der Waals surface area contributed by atoms with Crippen LogP contribution in [-0.4, -0.2) is 16.1 Å². The first-order valence-corrected chi connectivity index (χ1v) is 6.61. The molecule has 1 aromatic heterocycles. The second-order valence-corrected chi connectivity index (χ2v) is 4.61. The van der Waals surface area contributed by atoms with Crippen LogP contribution in [0.15, 0.2) is 61.2 Å². The summed E-state index contributed by atoms with van der Waals surface area (Å²) in [5.41, 5.74) is 1.21. The highest BCUT2D eigenvalue weighted by molar-refractivity contribution is 5.93. The van der Waals surface area contributed by atoms with E-state index in [0.29, 0.717) is 0 Å². The molecule has 0 bridgehead atoms. The maximum absolute atomic E-state index is 4.04. The van der Waals surface area contributed by atoms with E-state index in [2.05, 4.69) is 57.3 Å². The summed E-state index contributed by atoms with van der Waals surface area (Å²) in [5, 5.41) is 6.08. The molecule has 1 N–H and O–H groups in total. The van der Waals surface area contributed by atoms with Gasteiger partial charge in [0.15, 0.2) is 0 Å². The van der Waals surface area contributed by atoms with Gasteiger partial charge >= 0.3 is 0 Å². The number of imidazole rings is 1. The number of rotatable bonds is 5. The maximum atomic E-state index is 4.04. The van der Waals surface area contributed by atoms with Crippen molar-refractivity contribution < 1.29 is 0 Å². The first-order chi connectivity index (χ1) is 9.43. The number of benzene rings is 2. The lowest BCUT2D eigenvalue weighted by Gasteiger charge is -2.10. The Morgan fingerprint density at radius 3 is 2.84 bits per heavy atom. The van der Waals surface area contributed by atoms with Crippen LogP contribution in [0.25, 0.3) is 10.8 Å². The van der Waals surface area contributed by atoms with Crippen molar-refractivity contribution in [3.05, 3.63) is 61.2 Å². The van der Waals surface area contributed by atoms with Gasteiger partial charge in [0.05, 0.1) is 6.33 Å². The quantitative estimate of drug-likeness (QED) is 0.703. The molecular formula is C16H17N3. The molecule has 3 aromatic rings. The minimum absolute atomic E-state index is 0.964. The van der Waals surface area contributed by atoms with Gasteiger partial charge in [0.2, 0.25) is 0 Å². The first-order valence-electron chi connectivity index (χ1n) is 6.61. The molecule has 96 valence electrons. The molecule has 19 heavy (non-hydrogen) atoms. The maximum Gasteiger partial charge on any atom is 0.0945 e. The molecule has 0 saturated carbocycles. The molecule has 0 radical (unpaired) electrons. The number of nitrogens with one attached hydrogen (secondary N) is 1. The summed E-state index contributed by atoms with van der Waals surface area (Å²) in [7, 11) is 0. The van der Waals surface area contributed by atoms with Gasteiger partial charge in [-0.25, -0.2) is 4.98 Å². The minimum Gasteiger partial charge on any atom is -0.384 e. The molecule has 0 unspecified atom stereocenters. The minimum atomic E-state index is 0.964. The Morgan fingerprint density at radius 1 is 1.05 bits per heavy atom. The molecule has 0 amide bonds. The highest BCUT2D eigenvalue weighted by Crippen LogP contribution is 2.22. The number of aryl methyl sites for hydroxylation is 1. The first kappa shape index (κ1) is 11.8. The van der Waals surface area contributed by atoms with Crippen LogP contribution in [0, 0.1) is 0 Å². The Bertz CT molecular complexity index is 639. The molecule has 3 rings (SSSR count). The third-order valence-corrected chi connectivity index (χ3v) is 3.26. The van der Waals surface area contributed by atoms with E-state index in [1.54, 1.807) is 0 Å². The SMILES string of the molecule is c1ccc2c(NCCCn3ccnc3)cccc2c1. The highest BCUT2D eigenvalue weighted by atomic mass is 15.0. The Hall–Kier alpha value is -2.29. The average molecular weight is 251 g/mol. The fourth-order valence-electron chi connectivity index (χ4n) is 2.28. The van der Waals surface area contributed by atoms with Crippen molar-refractivity contribution in [3.63, 3.8) is 0 Å². The van der Waals surface area contributed by atoms with Gasteiger partial charge in [-0.15, -0.1) is 0 Å². The van der Waals surface area contributed by atoms with Gasteiger partial charge in [0, 0.05) is 36.6 Å². The monoisotopic (exact) mass is 251 g/mol. The Labute approximate surface area is 112 Å². The van der Waals surface area contributed by atoms with Crippen LogP contribution in [0.2, 0.25) is 0 Å². The van der Waals surface area contributed by atoms with E-state index in [0.717, 1.165) is 19.5 Å². The van der Waals surface area contributed by atoms with Crippen molar-refractivity contribution in [2.75, 3.05) is 11.9 Å². The summed E-state index contributed by atoms with van der Waals surface area (Å²) >= 11 is 0. The Morgan fingerprint density at radius 2 is 1.95 bits per heavy atom. The van der Waals surface area contributed by atoms with E-state index in [1.807, 2.05) is 18.7 Å². The second kappa shape index (κ2) is 5.57. The van der Waals surface area contributed by atoms with E-state index in [-0.39, 0.29) is 0 Å². The molecule has 0 aliphatic carbocycles. The van der Waals surface area contributed by atoms with Crippen LogP contribution in [0.3, 0.4) is 0 Å². The number of anilines is 1. The van der Waals surface area contributed by atoms with Crippen molar-refractivity contribution >= 4 is 16.5 Å². The number of fused-ring (bicyclic) bond motifs is 1. The lowest BCUT2D eigenvalue weighted by Crippen LogP contribution is -2.05. The molecule has 0 aliphatic rings. The third-order valence-electron chi connectivity index (χ3n) is 3.26. The lowest BCUT2D eigenvalue weighted by molar-refractivity contribution is 0.661. The predicted molar refractivity (Wildman–Crippen MR) is 79.3 cm³/mol. The summed E-state index contributed by atoms with van der Waals surface area (Å²) in [4.78, 5) is 4.04. The largest absolute Gasteiger partial charge is 0.384 e. The van der Waals surface area contributed by atoms with Crippen molar-refractivity contribution in [2.45, 2.75) is 13.0 Å². The van der Waals surface area contributed by atoms with E-state index >= 15 is 0 Å². The summed E-state index contributed by atoms with van der Waals surface area (Å²) in [5.74, 6) is 0. The van der Waals surface area contributed by atoms with Gasteiger partial charge in [-0.1, -0.05) is 36.4 Å². The summed E-state index contributed by atoms with van der Waals surface area (Å²) in [6, 6.07) is 14.8. The van der Waals surface area contributed by atoms with Crippen LogP contribution in [0.5, 0.6) is 0 Å². The van der Waals surface area contributed by atoms with E-state index < -0.39 is 0 Å². The zero-order chi connectivity index (χ0) is 12.9. The average Bonchev–Trinajstić information content (AvgIpc) is 2.97. The van der Waals surface area contributed by atoms with Crippen molar-refractivity contribution in [2.24, 2.45) is 0 Å². The molecule has 0 saturated heterocycles. The number of hydrogen-bond donors (Lipinski definition) is 1. The predicted octanol–water partition coefficient (Wildman–Crippen LogP) is 3.54. The Balaban J connectivity index is 1.62. The zero-order valence-electron chi connectivity index (χ0n) is 10.8. The topological polar surface area (TPSA) is 29.9 Å². The van der Waals surface area contributed by atoms with E-state index in [9.17, 15) is 0 Å². The molecule has 0 atom stereocenters. The Kier molecular flexibility index (Phi) is 3.45. The van der Waals surface area contributed by atoms with Crippen molar-refractivity contribution in [1.82, 2.24) is 9.55 Å². The number of hydrogen-bond acceptors (Lipinski definition) is 2. The fraction of sp³-hybridized carbons (Fsp3) is 0.188. The molecule has 3 heteroatoms. The lowest BCUT2D eigenvalue weighted by atomic mass is 10.1. The summed E-state index contributed by atoms with van der Waals surface area (Å²) in [6.45, 7) is 1.96.